The van der Waals surface area contributed by atoms with Gasteiger partial charge in [-0.3, -0.25) is 4.79 Å². The molecule has 1 amide bonds. The highest BCUT2D eigenvalue weighted by Gasteiger charge is 2.32. The number of carbonyl (C=O) groups is 2. The van der Waals surface area contributed by atoms with Crippen LogP contribution in [0.3, 0.4) is 0 Å². The fraction of sp³-hybridized carbons (Fsp3) is 0.385. The van der Waals surface area contributed by atoms with Gasteiger partial charge in [0.1, 0.15) is 5.54 Å². The van der Waals surface area contributed by atoms with Crippen LogP contribution in [0, 0.1) is 0 Å². The predicted octanol–water partition coefficient (Wildman–Crippen LogP) is 0.742. The number of nitrogens with one attached hydrogen (secondary N) is 1. The summed E-state index contributed by atoms with van der Waals surface area (Å²) in [4.78, 5) is 22.9. The van der Waals surface area contributed by atoms with E-state index in [0.717, 1.165) is 0 Å². The lowest BCUT2D eigenvalue weighted by molar-refractivity contribution is -0.146. The van der Waals surface area contributed by atoms with Crippen LogP contribution in [0.2, 0.25) is 0 Å². The number of aliphatic carboxylic acids is 1. The standard InChI is InChI=1S/C13H17NO4/c1-13(2,12(17)18)14-11(16)10(8-15)9-6-4-3-5-7-9/h3-7,10,15H,8H2,1-2H3,(H,14,16)(H,17,18). The quantitative estimate of drug-likeness (QED) is 0.720. The molecule has 98 valence electrons. The number of hydrogen-bond acceptors (Lipinski definition) is 3. The molecule has 0 aliphatic carbocycles. The van der Waals surface area contributed by atoms with E-state index in [0.29, 0.717) is 5.56 Å². The first-order valence-corrected chi connectivity index (χ1v) is 5.59. The summed E-state index contributed by atoms with van der Waals surface area (Å²) in [7, 11) is 0. The van der Waals surface area contributed by atoms with Gasteiger partial charge in [0.25, 0.3) is 0 Å². The Morgan fingerprint density at radius 1 is 1.28 bits per heavy atom. The Labute approximate surface area is 105 Å². The molecule has 0 saturated carbocycles. The summed E-state index contributed by atoms with van der Waals surface area (Å²) in [5.41, 5.74) is -0.710. The van der Waals surface area contributed by atoms with E-state index in [2.05, 4.69) is 5.32 Å². The summed E-state index contributed by atoms with van der Waals surface area (Å²) in [6, 6.07) is 8.75. The first kappa shape index (κ1) is 14.2. The fourth-order valence-corrected chi connectivity index (χ4v) is 1.47. The average Bonchev–Trinajstić information content (AvgIpc) is 2.30. The number of carboxylic acids is 1. The minimum absolute atomic E-state index is 0.369. The number of carboxylic acid groups (broad SMARTS) is 1. The van der Waals surface area contributed by atoms with Crippen molar-refractivity contribution in [2.45, 2.75) is 25.3 Å². The first-order valence-electron chi connectivity index (χ1n) is 5.59. The molecule has 1 aromatic rings. The smallest absolute Gasteiger partial charge is 0.328 e. The minimum Gasteiger partial charge on any atom is -0.480 e. The van der Waals surface area contributed by atoms with Gasteiger partial charge >= 0.3 is 5.97 Å². The van der Waals surface area contributed by atoms with Crippen molar-refractivity contribution in [2.24, 2.45) is 0 Å². The van der Waals surface area contributed by atoms with E-state index < -0.39 is 23.3 Å². The van der Waals surface area contributed by atoms with Gasteiger partial charge in [0.05, 0.1) is 12.5 Å². The van der Waals surface area contributed by atoms with E-state index in [1.807, 2.05) is 0 Å². The summed E-state index contributed by atoms with van der Waals surface area (Å²) in [5.74, 6) is -2.39. The predicted molar refractivity (Wildman–Crippen MR) is 66.1 cm³/mol. The zero-order valence-corrected chi connectivity index (χ0v) is 10.4. The number of amides is 1. The molecule has 3 N–H and O–H groups in total. The molecule has 1 unspecified atom stereocenters. The third-order valence-corrected chi connectivity index (χ3v) is 2.67. The number of rotatable bonds is 5. The summed E-state index contributed by atoms with van der Waals surface area (Å²) >= 11 is 0. The molecule has 0 spiro atoms. The largest absolute Gasteiger partial charge is 0.480 e. The van der Waals surface area contributed by atoms with E-state index in [1.165, 1.54) is 13.8 Å². The number of aliphatic hydroxyl groups excluding tert-OH is 1. The first-order chi connectivity index (χ1) is 8.38. The molecule has 0 saturated heterocycles. The van der Waals surface area contributed by atoms with Crippen LogP contribution in [0.15, 0.2) is 30.3 Å². The van der Waals surface area contributed by atoms with Crippen molar-refractivity contribution < 1.29 is 19.8 Å². The molecule has 5 nitrogen and oxygen atoms in total. The fourth-order valence-electron chi connectivity index (χ4n) is 1.47. The van der Waals surface area contributed by atoms with E-state index in [-0.39, 0.29) is 6.61 Å². The molecule has 0 aliphatic rings. The van der Waals surface area contributed by atoms with Gasteiger partial charge in [-0.25, -0.2) is 4.79 Å². The maximum atomic E-state index is 12.0. The summed E-state index contributed by atoms with van der Waals surface area (Å²) in [6.07, 6.45) is 0. The molecular weight excluding hydrogens is 234 g/mol. The van der Waals surface area contributed by atoms with Crippen molar-refractivity contribution >= 4 is 11.9 Å². The van der Waals surface area contributed by atoms with Gasteiger partial charge in [-0.1, -0.05) is 30.3 Å². The number of aliphatic hydroxyl groups is 1. The molecule has 0 heterocycles. The summed E-state index contributed by atoms with van der Waals surface area (Å²) in [5, 5.41) is 20.6. The Morgan fingerprint density at radius 3 is 2.28 bits per heavy atom. The molecule has 0 radical (unpaired) electrons. The molecule has 0 aliphatic heterocycles. The average molecular weight is 251 g/mol. The monoisotopic (exact) mass is 251 g/mol. The second-order valence-electron chi connectivity index (χ2n) is 4.57. The Bertz CT molecular complexity index is 428. The van der Waals surface area contributed by atoms with Gasteiger partial charge in [-0.05, 0) is 19.4 Å². The van der Waals surface area contributed by atoms with Crippen LogP contribution in [0.25, 0.3) is 0 Å². The molecule has 0 bridgehead atoms. The second-order valence-corrected chi connectivity index (χ2v) is 4.57. The molecule has 1 atom stereocenters. The van der Waals surface area contributed by atoms with Crippen LogP contribution in [0.4, 0.5) is 0 Å². The number of benzene rings is 1. The van der Waals surface area contributed by atoms with Crippen molar-refractivity contribution in [2.75, 3.05) is 6.61 Å². The van der Waals surface area contributed by atoms with Crippen LogP contribution in [-0.4, -0.2) is 34.2 Å². The van der Waals surface area contributed by atoms with Crippen LogP contribution in [-0.2, 0) is 9.59 Å². The van der Waals surface area contributed by atoms with Gasteiger partial charge in [0.15, 0.2) is 0 Å². The van der Waals surface area contributed by atoms with E-state index in [9.17, 15) is 14.7 Å². The Balaban J connectivity index is 2.85. The van der Waals surface area contributed by atoms with Gasteiger partial charge in [0, 0.05) is 0 Å². The lowest BCUT2D eigenvalue weighted by Crippen LogP contribution is -2.51. The highest BCUT2D eigenvalue weighted by molar-refractivity contribution is 5.90. The van der Waals surface area contributed by atoms with Crippen molar-refractivity contribution in [3.05, 3.63) is 35.9 Å². The van der Waals surface area contributed by atoms with Gasteiger partial charge in [-0.2, -0.15) is 0 Å². The van der Waals surface area contributed by atoms with E-state index in [4.69, 9.17) is 5.11 Å². The molecule has 1 rings (SSSR count). The van der Waals surface area contributed by atoms with Gasteiger partial charge in [0.2, 0.25) is 5.91 Å². The van der Waals surface area contributed by atoms with Crippen molar-refractivity contribution in [1.82, 2.24) is 5.32 Å². The van der Waals surface area contributed by atoms with Gasteiger partial charge in [-0.15, -0.1) is 0 Å². The third kappa shape index (κ3) is 3.30. The Hall–Kier alpha value is -1.88. The lowest BCUT2D eigenvalue weighted by atomic mass is 9.97. The molecule has 18 heavy (non-hydrogen) atoms. The lowest BCUT2D eigenvalue weighted by Gasteiger charge is -2.24. The van der Waals surface area contributed by atoms with Crippen LogP contribution in [0.1, 0.15) is 25.3 Å². The van der Waals surface area contributed by atoms with Crippen LogP contribution >= 0.6 is 0 Å². The van der Waals surface area contributed by atoms with Crippen molar-refractivity contribution in [3.63, 3.8) is 0 Å². The van der Waals surface area contributed by atoms with Gasteiger partial charge < -0.3 is 15.5 Å². The topological polar surface area (TPSA) is 86.6 Å². The Morgan fingerprint density at radius 2 is 1.83 bits per heavy atom. The summed E-state index contributed by atoms with van der Waals surface area (Å²) in [6.45, 7) is 2.42. The molecule has 5 heteroatoms. The minimum atomic E-state index is -1.36. The number of carbonyl (C=O) groups excluding carboxylic acids is 1. The van der Waals surface area contributed by atoms with Crippen molar-refractivity contribution in [1.29, 1.82) is 0 Å². The normalized spacial score (nSPS) is 12.8. The zero-order chi connectivity index (χ0) is 13.8. The SMILES string of the molecule is CC(C)(NC(=O)C(CO)c1ccccc1)C(=O)O. The maximum absolute atomic E-state index is 12.0. The summed E-state index contributed by atoms with van der Waals surface area (Å²) < 4.78 is 0. The molecule has 0 aromatic heterocycles. The van der Waals surface area contributed by atoms with Crippen LogP contribution < -0.4 is 5.32 Å². The second kappa shape index (κ2) is 5.64. The van der Waals surface area contributed by atoms with Crippen LogP contribution in [0.5, 0.6) is 0 Å². The Kier molecular flexibility index (Phi) is 4.44. The third-order valence-electron chi connectivity index (χ3n) is 2.67. The molecule has 0 fully saturated rings. The maximum Gasteiger partial charge on any atom is 0.328 e. The molecule has 1 aromatic carbocycles. The van der Waals surface area contributed by atoms with Crippen molar-refractivity contribution in [3.8, 4) is 0 Å². The van der Waals surface area contributed by atoms with E-state index >= 15 is 0 Å². The molecular formula is C13H17NO4. The zero-order valence-electron chi connectivity index (χ0n) is 10.4. The van der Waals surface area contributed by atoms with E-state index in [1.54, 1.807) is 30.3 Å². The highest BCUT2D eigenvalue weighted by atomic mass is 16.4. The highest BCUT2D eigenvalue weighted by Crippen LogP contribution is 2.16. The number of hydrogen-bond donors (Lipinski definition) is 3.